The van der Waals surface area contributed by atoms with Gasteiger partial charge in [0.15, 0.2) is 0 Å². The fourth-order valence-electron chi connectivity index (χ4n) is 2.45. The Morgan fingerprint density at radius 2 is 1.44 bits per heavy atom. The van der Waals surface area contributed by atoms with Crippen LogP contribution in [-0.2, 0) is 0 Å². The van der Waals surface area contributed by atoms with Crippen molar-refractivity contribution in [2.75, 3.05) is 5.73 Å². The van der Waals surface area contributed by atoms with E-state index in [1.165, 1.54) is 18.5 Å². The summed E-state index contributed by atoms with van der Waals surface area (Å²) >= 11 is 0. The van der Waals surface area contributed by atoms with E-state index in [9.17, 15) is 4.39 Å². The first-order chi connectivity index (χ1) is 12.2. The van der Waals surface area contributed by atoms with Crippen LogP contribution in [0.15, 0.2) is 60.9 Å². The number of benzene rings is 2. The van der Waals surface area contributed by atoms with Crippen LogP contribution in [0.3, 0.4) is 0 Å². The van der Waals surface area contributed by atoms with Gasteiger partial charge in [0.05, 0.1) is 17.1 Å². The van der Waals surface area contributed by atoms with Crippen LogP contribution in [0.5, 0.6) is 0 Å². The quantitative estimate of drug-likeness (QED) is 0.619. The summed E-state index contributed by atoms with van der Waals surface area (Å²) in [4.78, 5) is 8.52. The van der Waals surface area contributed by atoms with Crippen LogP contribution in [0, 0.1) is 5.82 Å². The maximum Gasteiger partial charge on any atom is 0.221 e. The molecule has 0 fully saturated rings. The summed E-state index contributed by atoms with van der Waals surface area (Å²) in [5.74, 6) is -0.148. The maximum absolute atomic E-state index is 13.1. The zero-order valence-corrected chi connectivity index (χ0v) is 12.9. The second-order valence-corrected chi connectivity index (χ2v) is 5.30. The van der Waals surface area contributed by atoms with Crippen molar-refractivity contribution in [2.45, 2.75) is 0 Å². The molecule has 0 aliphatic carbocycles. The van der Waals surface area contributed by atoms with Crippen molar-refractivity contribution in [3.63, 3.8) is 0 Å². The van der Waals surface area contributed by atoms with Crippen LogP contribution in [0.2, 0.25) is 0 Å². The molecule has 2 aromatic carbocycles. The van der Waals surface area contributed by atoms with Crippen LogP contribution < -0.4 is 5.73 Å². The highest BCUT2D eigenvalue weighted by Gasteiger charge is 2.08. The summed E-state index contributed by atoms with van der Waals surface area (Å²) in [6, 6.07) is 15.4. The molecular formula is C17H12FN7. The first kappa shape index (κ1) is 14.9. The van der Waals surface area contributed by atoms with Crippen LogP contribution >= 0.6 is 0 Å². The van der Waals surface area contributed by atoms with Gasteiger partial charge in [-0.3, -0.25) is 0 Å². The minimum atomic E-state index is -0.302. The average molecular weight is 333 g/mol. The van der Waals surface area contributed by atoms with Crippen molar-refractivity contribution in [2.24, 2.45) is 0 Å². The van der Waals surface area contributed by atoms with E-state index in [1.54, 1.807) is 16.8 Å². The zero-order chi connectivity index (χ0) is 17.2. The number of nitrogen functional groups attached to an aromatic ring is 1. The van der Waals surface area contributed by atoms with Gasteiger partial charge < -0.3 is 5.73 Å². The lowest BCUT2D eigenvalue weighted by Crippen LogP contribution is -1.99. The third-order valence-corrected chi connectivity index (χ3v) is 3.66. The van der Waals surface area contributed by atoms with Crippen molar-refractivity contribution in [3.8, 4) is 28.2 Å². The molecule has 2 heterocycles. The van der Waals surface area contributed by atoms with E-state index in [4.69, 9.17) is 5.73 Å². The van der Waals surface area contributed by atoms with E-state index in [0.29, 0.717) is 11.4 Å². The molecule has 2 N–H and O–H groups in total. The SMILES string of the molecule is Nc1nc(-c2ccc(F)cc2)cc(-c2ccc(-n3cnnn3)cc2)n1. The highest BCUT2D eigenvalue weighted by molar-refractivity contribution is 5.69. The molecule has 0 aliphatic heterocycles. The first-order valence-electron chi connectivity index (χ1n) is 7.43. The second kappa shape index (κ2) is 6.08. The predicted octanol–water partition coefficient (Wildman–Crippen LogP) is 2.51. The Morgan fingerprint density at radius 3 is 2.00 bits per heavy atom. The Hall–Kier alpha value is -3.68. The van der Waals surface area contributed by atoms with Crippen LogP contribution in [-0.4, -0.2) is 30.2 Å². The van der Waals surface area contributed by atoms with Gasteiger partial charge in [-0.2, -0.15) is 0 Å². The number of nitrogens with two attached hydrogens (primary N) is 1. The van der Waals surface area contributed by atoms with E-state index in [2.05, 4.69) is 25.5 Å². The van der Waals surface area contributed by atoms with Crippen molar-refractivity contribution in [1.82, 2.24) is 30.2 Å². The Labute approximate surface area is 142 Å². The fraction of sp³-hybridized carbons (Fsp3) is 0. The van der Waals surface area contributed by atoms with E-state index in [0.717, 1.165) is 16.8 Å². The lowest BCUT2D eigenvalue weighted by Gasteiger charge is -2.07. The highest BCUT2D eigenvalue weighted by Crippen LogP contribution is 2.25. The minimum Gasteiger partial charge on any atom is -0.368 e. The van der Waals surface area contributed by atoms with Gasteiger partial charge in [-0.25, -0.2) is 19.0 Å². The van der Waals surface area contributed by atoms with Crippen LogP contribution in [0.4, 0.5) is 10.3 Å². The number of anilines is 1. The fourth-order valence-corrected chi connectivity index (χ4v) is 2.45. The molecule has 0 amide bonds. The van der Waals surface area contributed by atoms with E-state index >= 15 is 0 Å². The molecule has 0 saturated carbocycles. The summed E-state index contributed by atoms with van der Waals surface area (Å²) in [5.41, 5.74) is 9.62. The molecule has 8 heteroatoms. The third-order valence-electron chi connectivity index (χ3n) is 3.66. The van der Waals surface area contributed by atoms with Gasteiger partial charge in [0.2, 0.25) is 5.95 Å². The number of rotatable bonds is 3. The smallest absolute Gasteiger partial charge is 0.221 e. The lowest BCUT2D eigenvalue weighted by atomic mass is 10.1. The highest BCUT2D eigenvalue weighted by atomic mass is 19.1. The van der Waals surface area contributed by atoms with Gasteiger partial charge in [-0.1, -0.05) is 12.1 Å². The molecule has 0 aliphatic rings. The van der Waals surface area contributed by atoms with Gasteiger partial charge in [0.25, 0.3) is 0 Å². The summed E-state index contributed by atoms with van der Waals surface area (Å²) in [5, 5.41) is 11.1. The van der Waals surface area contributed by atoms with Crippen molar-refractivity contribution in [1.29, 1.82) is 0 Å². The monoisotopic (exact) mass is 333 g/mol. The minimum absolute atomic E-state index is 0.154. The summed E-state index contributed by atoms with van der Waals surface area (Å²) in [7, 11) is 0. The zero-order valence-electron chi connectivity index (χ0n) is 12.9. The van der Waals surface area contributed by atoms with Crippen molar-refractivity contribution in [3.05, 3.63) is 66.7 Å². The average Bonchev–Trinajstić information content (AvgIpc) is 3.17. The number of hydrogen-bond acceptors (Lipinski definition) is 6. The number of nitrogens with zero attached hydrogens (tertiary/aromatic N) is 6. The van der Waals surface area contributed by atoms with Crippen LogP contribution in [0.1, 0.15) is 0 Å². The largest absolute Gasteiger partial charge is 0.368 e. The number of aromatic nitrogens is 6. The molecular weight excluding hydrogens is 321 g/mol. The molecule has 0 saturated heterocycles. The standard InChI is InChI=1S/C17H12FN7/c18-13-5-1-11(2-6-13)15-9-16(22-17(19)21-15)12-3-7-14(8-4-12)25-10-20-23-24-25/h1-10H,(H2,19,21,22). The normalized spacial score (nSPS) is 10.8. The molecule has 0 spiro atoms. The number of tetrazole rings is 1. The Bertz CT molecular complexity index is 996. The predicted molar refractivity (Wildman–Crippen MR) is 90.0 cm³/mol. The Balaban J connectivity index is 1.71. The number of halogens is 1. The van der Waals surface area contributed by atoms with Crippen molar-refractivity contribution < 1.29 is 4.39 Å². The molecule has 0 atom stereocenters. The molecule has 25 heavy (non-hydrogen) atoms. The van der Waals surface area contributed by atoms with E-state index in [-0.39, 0.29) is 11.8 Å². The third kappa shape index (κ3) is 3.05. The van der Waals surface area contributed by atoms with Gasteiger partial charge in [0.1, 0.15) is 12.1 Å². The second-order valence-electron chi connectivity index (χ2n) is 5.30. The molecule has 0 radical (unpaired) electrons. The molecule has 4 rings (SSSR count). The van der Waals surface area contributed by atoms with Gasteiger partial charge in [-0.15, -0.1) is 5.10 Å². The Morgan fingerprint density at radius 1 is 0.840 bits per heavy atom. The molecule has 2 aromatic heterocycles. The molecule has 0 unspecified atom stereocenters. The van der Waals surface area contributed by atoms with E-state index < -0.39 is 0 Å². The topological polar surface area (TPSA) is 95.4 Å². The Kier molecular flexibility index (Phi) is 3.62. The molecule has 0 bridgehead atoms. The lowest BCUT2D eigenvalue weighted by molar-refractivity contribution is 0.628. The summed E-state index contributed by atoms with van der Waals surface area (Å²) in [6.45, 7) is 0. The molecule has 7 nitrogen and oxygen atoms in total. The van der Waals surface area contributed by atoms with Gasteiger partial charge in [-0.05, 0) is 52.9 Å². The van der Waals surface area contributed by atoms with Gasteiger partial charge in [0, 0.05) is 11.1 Å². The summed E-state index contributed by atoms with van der Waals surface area (Å²) < 4.78 is 14.7. The van der Waals surface area contributed by atoms with Gasteiger partial charge >= 0.3 is 0 Å². The first-order valence-corrected chi connectivity index (χ1v) is 7.43. The van der Waals surface area contributed by atoms with Crippen LogP contribution in [0.25, 0.3) is 28.2 Å². The maximum atomic E-state index is 13.1. The molecule has 122 valence electrons. The number of hydrogen-bond donors (Lipinski definition) is 1. The summed E-state index contributed by atoms with van der Waals surface area (Å²) in [6.07, 6.45) is 1.52. The van der Waals surface area contributed by atoms with E-state index in [1.807, 2.05) is 30.3 Å². The van der Waals surface area contributed by atoms with Crippen molar-refractivity contribution >= 4 is 5.95 Å². The molecule has 4 aromatic rings.